The maximum absolute atomic E-state index is 12.4. The van der Waals surface area contributed by atoms with Gasteiger partial charge in [0.2, 0.25) is 0 Å². The smallest absolute Gasteiger partial charge is 0.344 e. The maximum Gasteiger partial charge on any atom is 0.406 e. The van der Waals surface area contributed by atoms with E-state index in [-0.39, 0.29) is 5.69 Å². The number of carbonyl (C=O) groups is 1. The number of carbonyl (C=O) groups excluding carboxylic acids is 1. The zero-order valence-corrected chi connectivity index (χ0v) is 11.0. The van der Waals surface area contributed by atoms with Crippen LogP contribution in [0.4, 0.5) is 13.2 Å². The van der Waals surface area contributed by atoms with Gasteiger partial charge in [-0.2, -0.15) is 13.2 Å². The fourth-order valence-electron chi connectivity index (χ4n) is 2.69. The van der Waals surface area contributed by atoms with Gasteiger partial charge in [-0.05, 0) is 25.0 Å². The number of hydrogen-bond acceptors (Lipinski definition) is 2. The predicted octanol–water partition coefficient (Wildman–Crippen LogP) is 2.05. The Morgan fingerprint density at radius 1 is 1.40 bits per heavy atom. The summed E-state index contributed by atoms with van der Waals surface area (Å²) >= 11 is 0. The van der Waals surface area contributed by atoms with Crippen LogP contribution in [0, 0.1) is 0 Å². The minimum Gasteiger partial charge on any atom is -0.344 e. The molecule has 20 heavy (non-hydrogen) atoms. The molecule has 1 aromatic heterocycles. The molecule has 112 valence electrons. The van der Waals surface area contributed by atoms with Gasteiger partial charge >= 0.3 is 6.18 Å². The molecule has 7 heteroatoms. The summed E-state index contributed by atoms with van der Waals surface area (Å²) in [5, 5.41) is 2.82. The van der Waals surface area contributed by atoms with Crippen molar-refractivity contribution in [1.29, 1.82) is 0 Å². The number of hydrogen-bond donors (Lipinski definition) is 2. The summed E-state index contributed by atoms with van der Waals surface area (Å²) in [6.45, 7) is -0.864. The lowest BCUT2D eigenvalue weighted by molar-refractivity contribution is -0.140. The van der Waals surface area contributed by atoms with E-state index in [2.05, 4.69) is 5.32 Å². The minimum atomic E-state index is -4.35. The number of halogens is 3. The molecule has 1 aliphatic carbocycles. The summed E-state index contributed by atoms with van der Waals surface area (Å²) in [5.74, 6) is -0.494. The third-order valence-corrected chi connectivity index (χ3v) is 3.74. The molecule has 0 aliphatic heterocycles. The first kappa shape index (κ1) is 14.9. The predicted molar refractivity (Wildman–Crippen MR) is 68.2 cm³/mol. The van der Waals surface area contributed by atoms with E-state index < -0.39 is 24.2 Å². The molecule has 0 unspecified atom stereocenters. The number of amides is 1. The van der Waals surface area contributed by atoms with Crippen molar-refractivity contribution in [2.75, 3.05) is 6.54 Å². The van der Waals surface area contributed by atoms with Gasteiger partial charge in [0.1, 0.15) is 12.2 Å². The second kappa shape index (κ2) is 5.47. The van der Waals surface area contributed by atoms with Crippen LogP contribution in [0.3, 0.4) is 0 Å². The lowest BCUT2D eigenvalue weighted by Gasteiger charge is -2.29. The number of nitrogens with two attached hydrogens (primary N) is 1. The molecule has 1 heterocycles. The third-order valence-electron chi connectivity index (χ3n) is 3.74. The molecule has 0 bridgehead atoms. The topological polar surface area (TPSA) is 60.0 Å². The van der Waals surface area contributed by atoms with Crippen LogP contribution in [0.1, 0.15) is 36.2 Å². The Hall–Kier alpha value is -1.50. The summed E-state index contributed by atoms with van der Waals surface area (Å²) in [7, 11) is 0. The Kier molecular flexibility index (Phi) is 4.08. The second-order valence-electron chi connectivity index (χ2n) is 5.28. The maximum atomic E-state index is 12.4. The first-order chi connectivity index (χ1) is 9.35. The van der Waals surface area contributed by atoms with Gasteiger partial charge in [0, 0.05) is 12.7 Å². The molecule has 3 N–H and O–H groups in total. The van der Waals surface area contributed by atoms with Gasteiger partial charge in [-0.25, -0.2) is 0 Å². The quantitative estimate of drug-likeness (QED) is 0.891. The third kappa shape index (κ3) is 3.33. The fraction of sp³-hybridized carbons (Fsp3) is 0.615. The fourth-order valence-corrected chi connectivity index (χ4v) is 2.69. The van der Waals surface area contributed by atoms with Gasteiger partial charge < -0.3 is 15.6 Å². The molecule has 1 amide bonds. The molecule has 0 aromatic carbocycles. The molecule has 1 fully saturated rings. The van der Waals surface area contributed by atoms with E-state index in [9.17, 15) is 18.0 Å². The van der Waals surface area contributed by atoms with Crippen molar-refractivity contribution in [3.63, 3.8) is 0 Å². The SMILES string of the molecule is NCC1(NC(=O)c2cccn2CC(F)(F)F)CCCC1. The Balaban J connectivity index is 2.12. The number of aromatic nitrogens is 1. The Morgan fingerprint density at radius 2 is 2.05 bits per heavy atom. The van der Waals surface area contributed by atoms with E-state index in [0.717, 1.165) is 30.3 Å². The molecule has 1 aromatic rings. The van der Waals surface area contributed by atoms with E-state index in [1.54, 1.807) is 0 Å². The van der Waals surface area contributed by atoms with Crippen LogP contribution in [0.15, 0.2) is 18.3 Å². The summed E-state index contributed by atoms with van der Waals surface area (Å²) in [4.78, 5) is 12.2. The first-order valence-electron chi connectivity index (χ1n) is 6.60. The van der Waals surface area contributed by atoms with Gasteiger partial charge in [0.25, 0.3) is 5.91 Å². The highest BCUT2D eigenvalue weighted by atomic mass is 19.4. The Bertz CT molecular complexity index is 475. The van der Waals surface area contributed by atoms with Crippen LogP contribution in [-0.4, -0.2) is 28.7 Å². The average molecular weight is 289 g/mol. The molecule has 2 rings (SSSR count). The second-order valence-corrected chi connectivity index (χ2v) is 5.28. The van der Waals surface area contributed by atoms with E-state index in [1.807, 2.05) is 0 Å². The molecule has 0 saturated heterocycles. The van der Waals surface area contributed by atoms with Crippen molar-refractivity contribution in [2.45, 2.75) is 43.9 Å². The van der Waals surface area contributed by atoms with E-state index >= 15 is 0 Å². The normalized spacial score (nSPS) is 18.2. The van der Waals surface area contributed by atoms with E-state index in [1.165, 1.54) is 18.3 Å². The van der Waals surface area contributed by atoms with Crippen molar-refractivity contribution >= 4 is 5.91 Å². The van der Waals surface area contributed by atoms with Crippen molar-refractivity contribution in [2.24, 2.45) is 5.73 Å². The van der Waals surface area contributed by atoms with Gasteiger partial charge in [0.05, 0.1) is 5.54 Å². The highest BCUT2D eigenvalue weighted by molar-refractivity contribution is 5.93. The molecule has 0 atom stereocenters. The molecule has 0 radical (unpaired) electrons. The van der Waals surface area contributed by atoms with Crippen LogP contribution in [0.5, 0.6) is 0 Å². The summed E-state index contributed by atoms with van der Waals surface area (Å²) < 4.78 is 38.2. The van der Waals surface area contributed by atoms with Crippen molar-refractivity contribution in [1.82, 2.24) is 9.88 Å². The van der Waals surface area contributed by atoms with E-state index in [4.69, 9.17) is 5.73 Å². The van der Waals surface area contributed by atoms with E-state index in [0.29, 0.717) is 6.54 Å². The van der Waals surface area contributed by atoms with Crippen molar-refractivity contribution in [3.05, 3.63) is 24.0 Å². The van der Waals surface area contributed by atoms with Crippen LogP contribution < -0.4 is 11.1 Å². The van der Waals surface area contributed by atoms with Crippen LogP contribution in [-0.2, 0) is 6.54 Å². The first-order valence-corrected chi connectivity index (χ1v) is 6.60. The largest absolute Gasteiger partial charge is 0.406 e. The minimum absolute atomic E-state index is 0.0158. The lowest BCUT2D eigenvalue weighted by atomic mass is 9.97. The highest BCUT2D eigenvalue weighted by Crippen LogP contribution is 2.29. The summed E-state index contributed by atoms with van der Waals surface area (Å²) in [5.41, 5.74) is 5.26. The molecule has 1 saturated carbocycles. The monoisotopic (exact) mass is 289 g/mol. The summed E-state index contributed by atoms with van der Waals surface area (Å²) in [6, 6.07) is 2.82. The lowest BCUT2D eigenvalue weighted by Crippen LogP contribution is -2.52. The zero-order valence-electron chi connectivity index (χ0n) is 11.0. The van der Waals surface area contributed by atoms with Gasteiger partial charge in [-0.1, -0.05) is 12.8 Å². The molecular weight excluding hydrogens is 271 g/mol. The number of nitrogens with one attached hydrogen (secondary N) is 1. The van der Waals surface area contributed by atoms with Crippen LogP contribution in [0.2, 0.25) is 0 Å². The molecule has 1 aliphatic rings. The molecule has 4 nitrogen and oxygen atoms in total. The Morgan fingerprint density at radius 3 is 2.60 bits per heavy atom. The molecular formula is C13H18F3N3O. The zero-order chi connectivity index (χ0) is 14.8. The number of nitrogens with zero attached hydrogens (tertiary/aromatic N) is 1. The highest BCUT2D eigenvalue weighted by Gasteiger charge is 2.35. The molecule has 0 spiro atoms. The number of alkyl halides is 3. The van der Waals surface area contributed by atoms with Gasteiger partial charge in [-0.15, -0.1) is 0 Å². The van der Waals surface area contributed by atoms with Crippen molar-refractivity contribution < 1.29 is 18.0 Å². The summed E-state index contributed by atoms with van der Waals surface area (Å²) in [6.07, 6.45) is 0.395. The average Bonchev–Trinajstić information content (AvgIpc) is 2.97. The Labute approximate surface area is 115 Å². The van der Waals surface area contributed by atoms with Crippen LogP contribution >= 0.6 is 0 Å². The van der Waals surface area contributed by atoms with Crippen molar-refractivity contribution in [3.8, 4) is 0 Å². The van der Waals surface area contributed by atoms with Gasteiger partial charge in [0.15, 0.2) is 0 Å². The van der Waals surface area contributed by atoms with Gasteiger partial charge in [-0.3, -0.25) is 4.79 Å². The van der Waals surface area contributed by atoms with Crippen LogP contribution in [0.25, 0.3) is 0 Å². The standard InChI is InChI=1S/C13H18F3N3O/c14-13(15,16)9-19-7-3-4-10(19)11(20)18-12(8-17)5-1-2-6-12/h3-4,7H,1-2,5-6,8-9,17H2,(H,18,20). The number of rotatable bonds is 4.